The molecule has 0 unspecified atom stereocenters. The Morgan fingerprint density at radius 2 is 1.71 bits per heavy atom. The molecule has 6 heteroatoms. The van der Waals surface area contributed by atoms with Crippen LogP contribution < -0.4 is 5.30 Å². The lowest BCUT2D eigenvalue weighted by Gasteiger charge is -2.14. The topological polar surface area (TPSA) is 91.7 Å². The summed E-state index contributed by atoms with van der Waals surface area (Å²) in [5.41, 5.74) is 0.818. The van der Waals surface area contributed by atoms with Crippen molar-refractivity contribution in [3.8, 4) is 0 Å². The Morgan fingerprint density at radius 3 is 2.12 bits per heavy atom. The molecule has 0 spiro atoms. The lowest BCUT2D eigenvalue weighted by molar-refractivity contribution is -0.134. The zero-order valence-electron chi connectivity index (χ0n) is 9.29. The Bertz CT molecular complexity index is 474. The molecule has 0 aliphatic heterocycles. The second-order valence-electron chi connectivity index (χ2n) is 3.83. The molecule has 5 nitrogen and oxygen atoms in total. The fraction of sp³-hybridized carbons (Fsp3) is 0.273. The molecule has 1 aromatic carbocycles. The third-order valence-electron chi connectivity index (χ3n) is 2.25. The normalized spacial score (nSPS) is 11.1. The molecule has 0 fully saturated rings. The number of benzene rings is 1. The van der Waals surface area contributed by atoms with Gasteiger partial charge in [-0.3, -0.25) is 9.59 Å². The number of carbonyl (C=O) groups is 2. The molecule has 17 heavy (non-hydrogen) atoms. The maximum atomic E-state index is 12.4. The number of carboxylic acids is 2. The van der Waals surface area contributed by atoms with Gasteiger partial charge in [0, 0.05) is 5.30 Å². The zero-order valence-corrected chi connectivity index (χ0v) is 10.2. The summed E-state index contributed by atoms with van der Waals surface area (Å²) >= 11 is 0. The highest BCUT2D eigenvalue weighted by Crippen LogP contribution is 2.43. The van der Waals surface area contributed by atoms with Crippen LogP contribution in [0, 0.1) is 6.92 Å². The molecular weight excluding hydrogens is 243 g/mol. The highest BCUT2D eigenvalue weighted by Gasteiger charge is 2.30. The minimum absolute atomic E-state index is 0.308. The smallest absolute Gasteiger partial charge is 0.311 e. The molecule has 0 saturated carbocycles. The van der Waals surface area contributed by atoms with E-state index < -0.39 is 31.4 Å². The minimum Gasteiger partial charge on any atom is -0.481 e. The molecule has 0 bridgehead atoms. The van der Waals surface area contributed by atoms with Crippen molar-refractivity contribution in [3.63, 3.8) is 0 Å². The highest BCUT2D eigenvalue weighted by molar-refractivity contribution is 7.73. The Labute approximate surface area is 98.5 Å². The molecule has 0 heterocycles. The maximum Gasteiger partial charge on any atom is 0.311 e. The minimum atomic E-state index is -3.41. The second-order valence-corrected chi connectivity index (χ2v) is 6.76. The van der Waals surface area contributed by atoms with Gasteiger partial charge < -0.3 is 14.8 Å². The number of aryl methyl sites for hydroxylation is 1. The fourth-order valence-corrected chi connectivity index (χ4v) is 3.70. The van der Waals surface area contributed by atoms with Crippen molar-refractivity contribution < 1.29 is 24.4 Å². The summed E-state index contributed by atoms with van der Waals surface area (Å²) in [4.78, 5) is 21.4. The van der Waals surface area contributed by atoms with Gasteiger partial charge in [0.15, 0.2) is 0 Å². The molecule has 92 valence electrons. The quantitative estimate of drug-likeness (QED) is 0.771. The van der Waals surface area contributed by atoms with Crippen molar-refractivity contribution >= 4 is 24.4 Å². The van der Waals surface area contributed by atoms with Gasteiger partial charge in [0.2, 0.25) is 0 Å². The van der Waals surface area contributed by atoms with Crippen molar-refractivity contribution in [2.24, 2.45) is 0 Å². The van der Waals surface area contributed by atoms with Crippen LogP contribution >= 0.6 is 7.14 Å². The van der Waals surface area contributed by atoms with Crippen molar-refractivity contribution in [2.75, 3.05) is 12.3 Å². The van der Waals surface area contributed by atoms with Gasteiger partial charge in [0.1, 0.15) is 19.5 Å². The Kier molecular flexibility index (Phi) is 4.07. The van der Waals surface area contributed by atoms with Gasteiger partial charge in [-0.05, 0) is 13.0 Å². The number of hydrogen-bond donors (Lipinski definition) is 2. The van der Waals surface area contributed by atoms with E-state index >= 15 is 0 Å². The molecule has 0 radical (unpaired) electrons. The predicted octanol–water partition coefficient (Wildman–Crippen LogP) is 1.15. The first-order valence-electron chi connectivity index (χ1n) is 4.92. The van der Waals surface area contributed by atoms with E-state index in [0.717, 1.165) is 5.56 Å². The molecule has 2 N–H and O–H groups in total. The van der Waals surface area contributed by atoms with Crippen LogP contribution in [0.2, 0.25) is 0 Å². The van der Waals surface area contributed by atoms with E-state index in [1.165, 1.54) is 6.07 Å². The van der Waals surface area contributed by atoms with Crippen LogP contribution in [0.15, 0.2) is 24.3 Å². The van der Waals surface area contributed by atoms with E-state index in [1.54, 1.807) is 25.1 Å². The molecule has 0 saturated heterocycles. The van der Waals surface area contributed by atoms with Crippen LogP contribution in [-0.4, -0.2) is 34.5 Å². The summed E-state index contributed by atoms with van der Waals surface area (Å²) in [5, 5.41) is 17.8. The van der Waals surface area contributed by atoms with Crippen LogP contribution in [0.4, 0.5) is 0 Å². The van der Waals surface area contributed by atoms with E-state index in [9.17, 15) is 14.2 Å². The van der Waals surface area contributed by atoms with Crippen LogP contribution in [0.1, 0.15) is 5.56 Å². The van der Waals surface area contributed by atoms with Crippen molar-refractivity contribution in [3.05, 3.63) is 29.8 Å². The summed E-state index contributed by atoms with van der Waals surface area (Å²) in [7, 11) is -3.41. The van der Waals surface area contributed by atoms with Crippen molar-refractivity contribution in [1.29, 1.82) is 0 Å². The SMILES string of the molecule is Cc1cccc(P(=O)(CC(=O)O)CC(=O)O)c1. The van der Waals surface area contributed by atoms with E-state index in [0.29, 0.717) is 5.30 Å². The van der Waals surface area contributed by atoms with Crippen LogP contribution in [0.3, 0.4) is 0 Å². The Balaban J connectivity index is 3.18. The van der Waals surface area contributed by atoms with Gasteiger partial charge in [0.05, 0.1) is 0 Å². The molecule has 0 amide bonds. The van der Waals surface area contributed by atoms with E-state index in [1.807, 2.05) is 0 Å². The first-order chi connectivity index (χ1) is 7.83. The highest BCUT2D eigenvalue weighted by atomic mass is 31.2. The third-order valence-corrected chi connectivity index (χ3v) is 5.04. The van der Waals surface area contributed by atoms with Gasteiger partial charge in [-0.25, -0.2) is 0 Å². The molecule has 0 aromatic heterocycles. The standard InChI is InChI=1S/C11H13O5P/c1-8-3-2-4-9(5-8)17(16,6-10(12)13)7-11(14)15/h2-5H,6-7H2,1H3,(H,12,13)(H,14,15). The van der Waals surface area contributed by atoms with Crippen LogP contribution in [0.25, 0.3) is 0 Å². The second kappa shape index (κ2) is 5.15. The molecule has 0 atom stereocenters. The molecule has 0 aliphatic rings. The van der Waals surface area contributed by atoms with Gasteiger partial charge >= 0.3 is 11.9 Å². The molecule has 1 rings (SSSR count). The maximum absolute atomic E-state index is 12.4. The van der Waals surface area contributed by atoms with E-state index in [-0.39, 0.29) is 0 Å². The average molecular weight is 256 g/mol. The van der Waals surface area contributed by atoms with Gasteiger partial charge in [-0.1, -0.05) is 23.8 Å². The third kappa shape index (κ3) is 3.71. The van der Waals surface area contributed by atoms with Gasteiger partial charge in [-0.15, -0.1) is 0 Å². The largest absolute Gasteiger partial charge is 0.481 e. The fourth-order valence-electron chi connectivity index (χ4n) is 1.56. The van der Waals surface area contributed by atoms with Crippen molar-refractivity contribution in [1.82, 2.24) is 0 Å². The lowest BCUT2D eigenvalue weighted by atomic mass is 10.2. The van der Waals surface area contributed by atoms with Crippen LogP contribution in [0.5, 0.6) is 0 Å². The first-order valence-corrected chi connectivity index (χ1v) is 7.00. The monoisotopic (exact) mass is 256 g/mol. The number of hydrogen-bond acceptors (Lipinski definition) is 3. The summed E-state index contributed by atoms with van der Waals surface area (Å²) in [6.45, 7) is 1.77. The predicted molar refractivity (Wildman–Crippen MR) is 63.4 cm³/mol. The van der Waals surface area contributed by atoms with Gasteiger partial charge in [0.25, 0.3) is 0 Å². The van der Waals surface area contributed by atoms with Crippen molar-refractivity contribution in [2.45, 2.75) is 6.92 Å². The summed E-state index contributed by atoms with van der Waals surface area (Å²) in [6, 6.07) is 6.50. The summed E-state index contributed by atoms with van der Waals surface area (Å²) in [5.74, 6) is -2.51. The van der Waals surface area contributed by atoms with Crippen LogP contribution in [-0.2, 0) is 14.2 Å². The average Bonchev–Trinajstić information content (AvgIpc) is 2.14. The number of rotatable bonds is 5. The number of aliphatic carboxylic acids is 2. The summed E-state index contributed by atoms with van der Waals surface area (Å²) < 4.78 is 12.4. The van der Waals surface area contributed by atoms with Gasteiger partial charge in [-0.2, -0.15) is 0 Å². The number of carboxylic acid groups (broad SMARTS) is 2. The molecular formula is C11H13O5P. The molecule has 1 aromatic rings. The zero-order chi connectivity index (χ0) is 13.1. The van der Waals surface area contributed by atoms with E-state index in [4.69, 9.17) is 10.2 Å². The Hall–Kier alpha value is -1.61. The Morgan fingerprint density at radius 1 is 1.18 bits per heavy atom. The lowest BCUT2D eigenvalue weighted by Crippen LogP contribution is -2.20. The summed E-state index contributed by atoms with van der Waals surface area (Å²) in [6.07, 6.45) is -1.27. The van der Waals surface area contributed by atoms with E-state index in [2.05, 4.69) is 0 Å². The molecule has 0 aliphatic carbocycles. The first kappa shape index (κ1) is 13.5.